The van der Waals surface area contributed by atoms with Gasteiger partial charge in [0.15, 0.2) is 0 Å². The Bertz CT molecular complexity index is 1350. The van der Waals surface area contributed by atoms with Gasteiger partial charge in [0, 0.05) is 45.3 Å². The lowest BCUT2D eigenvalue weighted by molar-refractivity contribution is -0.193. The Labute approximate surface area is 247 Å². The topological polar surface area (TPSA) is 229 Å². The summed E-state index contributed by atoms with van der Waals surface area (Å²) in [6.07, 6.45) is -1.50. The van der Waals surface area contributed by atoms with E-state index in [0.717, 1.165) is 23.8 Å². The van der Waals surface area contributed by atoms with Gasteiger partial charge in [-0.1, -0.05) is 11.8 Å². The lowest BCUT2D eigenvalue weighted by Gasteiger charge is -2.56. The number of aryl methyl sites for hydroxylation is 1. The number of methoxy groups -OCH3 is 1. The zero-order valence-corrected chi connectivity index (χ0v) is 24.6. The van der Waals surface area contributed by atoms with E-state index in [1.165, 1.54) is 28.3 Å². The lowest BCUT2D eigenvalue weighted by atomic mass is 9.97. The molecular formula is C22H29N9O9S2. The first-order valence-electron chi connectivity index (χ1n) is 12.6. The van der Waals surface area contributed by atoms with Crippen LogP contribution >= 0.6 is 23.5 Å². The Morgan fingerprint density at radius 3 is 2.52 bits per heavy atom. The Kier molecular flexibility index (Phi) is 9.09. The molecule has 2 saturated heterocycles. The number of rotatable bonds is 10. The maximum Gasteiger partial charge on any atom is 0.352 e. The van der Waals surface area contributed by atoms with Crippen LogP contribution in [0.2, 0.25) is 0 Å². The number of amides is 6. The normalized spacial score (nSPS) is 23.8. The molecule has 6 amide bonds. The summed E-state index contributed by atoms with van der Waals surface area (Å²) in [5.74, 6) is -4.87. The molecule has 3 aliphatic rings. The smallest absolute Gasteiger partial charge is 0.352 e. The average molecular weight is 628 g/mol. The molecule has 0 aromatic carbocycles. The number of likely N-dealkylation sites (N-methyl/N-ethyl adjacent to an activating group) is 1. The number of hydrogen-bond acceptors (Lipinski definition) is 13. The fourth-order valence-electron chi connectivity index (χ4n) is 4.60. The summed E-state index contributed by atoms with van der Waals surface area (Å²) in [6, 6.07) is -2.74. The van der Waals surface area contributed by atoms with Crippen LogP contribution in [0.4, 0.5) is 4.79 Å². The number of aromatic nitrogens is 4. The van der Waals surface area contributed by atoms with Crippen LogP contribution in [0.1, 0.15) is 13.8 Å². The molecule has 4 heterocycles. The van der Waals surface area contributed by atoms with E-state index in [4.69, 9.17) is 4.74 Å². The van der Waals surface area contributed by atoms with E-state index < -0.39 is 58.9 Å². The van der Waals surface area contributed by atoms with Crippen molar-refractivity contribution >= 4 is 59.2 Å². The first kappa shape index (κ1) is 31.2. The third kappa shape index (κ3) is 5.41. The van der Waals surface area contributed by atoms with Crippen molar-refractivity contribution in [2.75, 3.05) is 38.2 Å². The van der Waals surface area contributed by atoms with Gasteiger partial charge in [-0.25, -0.2) is 14.3 Å². The van der Waals surface area contributed by atoms with E-state index in [9.17, 15) is 39.0 Å². The van der Waals surface area contributed by atoms with Gasteiger partial charge in [-0.3, -0.25) is 29.0 Å². The Morgan fingerprint density at radius 1 is 1.24 bits per heavy atom. The number of fused-ring (bicyclic) bond motifs is 1. The van der Waals surface area contributed by atoms with Crippen LogP contribution in [0.3, 0.4) is 0 Å². The third-order valence-corrected chi connectivity index (χ3v) is 9.35. The van der Waals surface area contributed by atoms with Crippen LogP contribution in [0.15, 0.2) is 16.4 Å². The number of carbonyl (C=O) groups excluding carboxylic acids is 5. The molecule has 1 aromatic heterocycles. The van der Waals surface area contributed by atoms with Crippen LogP contribution < -0.4 is 10.6 Å². The lowest BCUT2D eigenvalue weighted by Crippen LogP contribution is -2.81. The van der Waals surface area contributed by atoms with Gasteiger partial charge in [0.25, 0.3) is 11.6 Å². The molecule has 18 nitrogen and oxygen atoms in total. The van der Waals surface area contributed by atoms with Crippen molar-refractivity contribution in [3.8, 4) is 0 Å². The van der Waals surface area contributed by atoms with E-state index in [0.29, 0.717) is 15.6 Å². The number of aliphatic hydroxyl groups is 1. The molecule has 4 atom stereocenters. The van der Waals surface area contributed by atoms with Gasteiger partial charge in [0.2, 0.25) is 11.1 Å². The molecule has 0 saturated carbocycles. The standard InChI is InChI=1S/C22H29N9O9S2/c1-5-29-6-7-30(16(35)15(29)34)20(39)23-12(10(2)32)14(33)24-22(40-4)18(38)31-13(17(36)37)11(8-41-19(22)31)9-42-21-25-26-27-28(21)3/h10,12,19,32H,5-9H2,1-4H3,(H,23,39)(H,24,33)(H,36,37)/t10?,12?,19-,22+/m1/s1. The van der Waals surface area contributed by atoms with E-state index in [-0.39, 0.29) is 36.8 Å². The van der Waals surface area contributed by atoms with E-state index in [1.807, 2.05) is 0 Å². The molecule has 1 aromatic rings. The number of thioether (sulfide) groups is 2. The molecule has 4 N–H and O–H groups in total. The first-order valence-corrected chi connectivity index (χ1v) is 14.6. The summed E-state index contributed by atoms with van der Waals surface area (Å²) in [5, 5.41) is 35.5. The van der Waals surface area contributed by atoms with Crippen molar-refractivity contribution < 1.29 is 43.7 Å². The van der Waals surface area contributed by atoms with Gasteiger partial charge in [-0.05, 0) is 29.8 Å². The number of nitrogens with one attached hydrogen (secondary N) is 2. The molecule has 20 heteroatoms. The van der Waals surface area contributed by atoms with Gasteiger partial charge >= 0.3 is 23.8 Å². The second kappa shape index (κ2) is 12.2. The fraction of sp³-hybridized carbons (Fsp3) is 0.591. The molecule has 228 valence electrons. The number of carboxylic acid groups (broad SMARTS) is 1. The van der Waals surface area contributed by atoms with Crippen molar-refractivity contribution in [2.45, 2.75) is 42.2 Å². The zero-order chi connectivity index (χ0) is 30.9. The number of tetrazole rings is 1. The second-order valence-corrected chi connectivity index (χ2v) is 11.4. The highest BCUT2D eigenvalue weighted by molar-refractivity contribution is 8.01. The fourth-order valence-corrected chi connectivity index (χ4v) is 7.02. The number of hydrogen-bond donors (Lipinski definition) is 4. The van der Waals surface area contributed by atoms with Crippen LogP contribution in [-0.4, -0.2) is 142 Å². The van der Waals surface area contributed by atoms with Gasteiger partial charge in [0.1, 0.15) is 17.1 Å². The monoisotopic (exact) mass is 627 g/mol. The molecule has 4 rings (SSSR count). The maximum atomic E-state index is 13.4. The molecular weight excluding hydrogens is 598 g/mol. The molecule has 0 spiro atoms. The summed E-state index contributed by atoms with van der Waals surface area (Å²) in [7, 11) is 2.78. The van der Waals surface area contributed by atoms with Crippen molar-refractivity contribution in [2.24, 2.45) is 7.05 Å². The molecule has 0 aliphatic carbocycles. The average Bonchev–Trinajstić information content (AvgIpc) is 3.37. The van der Waals surface area contributed by atoms with Gasteiger partial charge < -0.3 is 30.5 Å². The highest BCUT2D eigenvalue weighted by Crippen LogP contribution is 2.47. The minimum atomic E-state index is -2.01. The van der Waals surface area contributed by atoms with Crippen molar-refractivity contribution in [1.29, 1.82) is 0 Å². The van der Waals surface area contributed by atoms with Crippen molar-refractivity contribution in [1.82, 2.24) is 45.5 Å². The van der Waals surface area contributed by atoms with Gasteiger partial charge in [0.05, 0.1) is 6.10 Å². The van der Waals surface area contributed by atoms with Crippen LogP contribution in [0.5, 0.6) is 0 Å². The number of carbonyl (C=O) groups is 6. The Hall–Kier alpha value is -3.75. The van der Waals surface area contributed by atoms with Gasteiger partial charge in [-0.15, -0.1) is 16.9 Å². The highest BCUT2D eigenvalue weighted by atomic mass is 32.2. The van der Waals surface area contributed by atoms with Crippen molar-refractivity contribution in [3.05, 3.63) is 11.3 Å². The number of carboxylic acids is 1. The van der Waals surface area contributed by atoms with Gasteiger partial charge in [-0.2, -0.15) is 0 Å². The summed E-state index contributed by atoms with van der Waals surface area (Å²) in [6.45, 7) is 3.15. The molecule has 2 unspecified atom stereocenters. The van der Waals surface area contributed by atoms with E-state index in [2.05, 4.69) is 26.2 Å². The summed E-state index contributed by atoms with van der Waals surface area (Å²) >= 11 is 2.33. The number of nitrogens with zero attached hydrogens (tertiary/aromatic N) is 7. The largest absolute Gasteiger partial charge is 0.477 e. The number of aliphatic carboxylic acids is 1. The van der Waals surface area contributed by atoms with Crippen LogP contribution in [-0.2, 0) is 35.8 Å². The summed E-state index contributed by atoms with van der Waals surface area (Å²) in [5.41, 5.74) is -1.84. The molecule has 2 fully saturated rings. The minimum absolute atomic E-state index is 0.103. The number of ether oxygens (including phenoxy) is 1. The predicted octanol–water partition coefficient (Wildman–Crippen LogP) is -2.84. The third-order valence-electron chi connectivity index (χ3n) is 6.88. The van der Waals surface area contributed by atoms with E-state index in [1.54, 1.807) is 14.0 Å². The zero-order valence-electron chi connectivity index (χ0n) is 23.0. The van der Waals surface area contributed by atoms with Crippen LogP contribution in [0.25, 0.3) is 0 Å². The number of imide groups is 1. The first-order chi connectivity index (χ1) is 19.9. The molecule has 0 radical (unpaired) electrons. The number of urea groups is 1. The second-order valence-electron chi connectivity index (χ2n) is 9.41. The van der Waals surface area contributed by atoms with Crippen molar-refractivity contribution in [3.63, 3.8) is 0 Å². The van der Waals surface area contributed by atoms with Crippen LogP contribution in [0, 0.1) is 0 Å². The predicted molar refractivity (Wildman–Crippen MR) is 143 cm³/mol. The van der Waals surface area contributed by atoms with E-state index >= 15 is 0 Å². The molecule has 42 heavy (non-hydrogen) atoms. The summed E-state index contributed by atoms with van der Waals surface area (Å²) < 4.78 is 6.84. The SMILES string of the molecule is CCN1CCN(C(=O)NC(C(=O)N[C@]2(OC)C(=O)N3C(C(=O)O)=C(CSc4nnnn4C)CS[C@@H]32)C(C)O)C(=O)C1=O. The maximum absolute atomic E-state index is 13.4. The Balaban J connectivity index is 1.49. The number of β-lactam (4-membered cyclic amide) rings is 1. The minimum Gasteiger partial charge on any atom is -0.477 e. The molecule has 3 aliphatic heterocycles. The number of aliphatic hydroxyl groups excluding tert-OH is 1. The number of piperazine rings is 1. The summed E-state index contributed by atoms with van der Waals surface area (Å²) in [4.78, 5) is 79.3. The molecule has 0 bridgehead atoms. The Morgan fingerprint density at radius 2 is 1.95 bits per heavy atom. The quantitative estimate of drug-likeness (QED) is 0.0887. The highest BCUT2D eigenvalue weighted by Gasteiger charge is 2.67.